The lowest BCUT2D eigenvalue weighted by molar-refractivity contribution is 0.568. The fraction of sp³-hybridized carbons (Fsp3) is 0. The predicted octanol–water partition coefficient (Wildman–Crippen LogP) is 12.8. The van der Waals surface area contributed by atoms with E-state index in [0.717, 1.165) is 89.8 Å². The molecular weight excluding hydrogens is 588 g/mol. The van der Waals surface area contributed by atoms with Crippen molar-refractivity contribution in [3.05, 3.63) is 171 Å². The molecule has 0 spiro atoms. The molecule has 0 aliphatic carbocycles. The fourth-order valence-corrected chi connectivity index (χ4v) is 7.44. The van der Waals surface area contributed by atoms with Gasteiger partial charge in [-0.25, -0.2) is 0 Å². The third kappa shape index (κ3) is 3.96. The number of furan rings is 2. The van der Waals surface area contributed by atoms with Crippen molar-refractivity contribution in [2.45, 2.75) is 0 Å². The molecule has 4 nitrogen and oxygen atoms in total. The first kappa shape index (κ1) is 26.7. The van der Waals surface area contributed by atoms with Crippen molar-refractivity contribution in [3.63, 3.8) is 0 Å². The number of para-hydroxylation sites is 4. The van der Waals surface area contributed by atoms with Crippen LogP contribution in [0.15, 0.2) is 179 Å². The first-order valence-electron chi connectivity index (χ1n) is 16.1. The number of anilines is 6. The van der Waals surface area contributed by atoms with Crippen LogP contribution in [0.3, 0.4) is 0 Å². The van der Waals surface area contributed by atoms with Gasteiger partial charge >= 0.3 is 0 Å². The van der Waals surface area contributed by atoms with Gasteiger partial charge in [0.15, 0.2) is 0 Å². The smallest absolute Gasteiger partial charge is 0.0988 e. The van der Waals surface area contributed by atoms with Crippen LogP contribution in [0, 0.1) is 0 Å². The first-order chi connectivity index (χ1) is 23.8. The molecule has 0 fully saturated rings. The van der Waals surface area contributed by atoms with Crippen molar-refractivity contribution in [1.29, 1.82) is 0 Å². The second-order valence-corrected chi connectivity index (χ2v) is 12.2. The van der Waals surface area contributed by atoms with E-state index < -0.39 is 0 Å². The van der Waals surface area contributed by atoms with Crippen molar-refractivity contribution in [3.8, 4) is 55.6 Å². The Morgan fingerprint density at radius 1 is 0.271 bits per heavy atom. The van der Waals surface area contributed by atoms with Crippen molar-refractivity contribution in [2.75, 3.05) is 9.80 Å². The molecule has 8 aromatic rings. The average Bonchev–Trinajstić information content (AvgIpc) is 3.80. The third-order valence-electron chi connectivity index (χ3n) is 9.65. The lowest BCUT2D eigenvalue weighted by Gasteiger charge is -2.28. The van der Waals surface area contributed by atoms with Gasteiger partial charge in [0.25, 0.3) is 0 Å². The summed E-state index contributed by atoms with van der Waals surface area (Å²) in [6.45, 7) is 0. The summed E-state index contributed by atoms with van der Waals surface area (Å²) in [5.41, 5.74) is 18.1. The van der Waals surface area contributed by atoms with E-state index in [0.29, 0.717) is 0 Å². The van der Waals surface area contributed by atoms with Crippen molar-refractivity contribution >= 4 is 34.1 Å². The van der Waals surface area contributed by atoms with Crippen LogP contribution in [0.4, 0.5) is 34.1 Å². The minimum atomic E-state index is 1.10. The molecule has 2 aliphatic heterocycles. The van der Waals surface area contributed by atoms with Gasteiger partial charge in [-0.15, -0.1) is 0 Å². The molecular formula is C44H28N2O2. The maximum Gasteiger partial charge on any atom is 0.0988 e. The lowest BCUT2D eigenvalue weighted by atomic mass is 9.99. The van der Waals surface area contributed by atoms with Crippen molar-refractivity contribution in [2.24, 2.45) is 0 Å². The minimum absolute atomic E-state index is 1.10. The Bertz CT molecular complexity index is 2170. The summed E-state index contributed by atoms with van der Waals surface area (Å²) in [5.74, 6) is 0. The Hall–Kier alpha value is -6.52. The van der Waals surface area contributed by atoms with Crippen molar-refractivity contribution < 1.29 is 8.83 Å². The molecule has 0 bridgehead atoms. The quantitative estimate of drug-likeness (QED) is 0.198. The van der Waals surface area contributed by atoms with E-state index in [-0.39, 0.29) is 0 Å². The number of rotatable bonds is 3. The maximum absolute atomic E-state index is 5.72. The molecule has 10 rings (SSSR count). The molecule has 2 aromatic heterocycles. The standard InChI is InChI=1S/C44H28N2O2/c1-5-13-41-33(9-1)37-25-47-26-38(37)34-10-2-6-14-42(34)45(41)31-21-17-29(18-22-31)30-19-23-32(24-20-30)46-43-15-7-3-11-35(43)39-27-48-28-40(39)36-12-4-8-16-44(36)46/h1-28H. The van der Waals surface area contributed by atoms with Crippen molar-refractivity contribution in [1.82, 2.24) is 0 Å². The molecule has 0 unspecified atom stereocenters. The zero-order chi connectivity index (χ0) is 31.6. The van der Waals surface area contributed by atoms with Crippen LogP contribution in [0.25, 0.3) is 55.6 Å². The summed E-state index contributed by atoms with van der Waals surface area (Å²) in [7, 11) is 0. The van der Waals surface area contributed by atoms with Crippen LogP contribution < -0.4 is 9.80 Å². The minimum Gasteiger partial charge on any atom is -0.471 e. The molecule has 4 heteroatoms. The van der Waals surface area contributed by atoms with E-state index >= 15 is 0 Å². The maximum atomic E-state index is 5.72. The Morgan fingerprint density at radius 2 is 0.542 bits per heavy atom. The summed E-state index contributed by atoms with van der Waals surface area (Å²) in [6, 6.07) is 52.0. The number of hydrogen-bond acceptors (Lipinski definition) is 4. The van der Waals surface area contributed by atoms with Crippen LogP contribution in [0.5, 0.6) is 0 Å². The summed E-state index contributed by atoms with van der Waals surface area (Å²) < 4.78 is 11.4. The lowest BCUT2D eigenvalue weighted by Crippen LogP contribution is -2.11. The summed E-state index contributed by atoms with van der Waals surface area (Å²) in [5, 5.41) is 0. The SMILES string of the molecule is c1ccc2c(c1)-c1cocc1-c1ccccc1N2c1ccc(-c2ccc(N3c4ccccc4-c4cocc4-c4ccccc43)cc2)cc1. The number of nitrogens with zero attached hydrogens (tertiary/aromatic N) is 2. The first-order valence-corrected chi connectivity index (χ1v) is 16.1. The summed E-state index contributed by atoms with van der Waals surface area (Å²) >= 11 is 0. The molecule has 0 saturated heterocycles. The van der Waals surface area contributed by atoms with E-state index in [4.69, 9.17) is 8.83 Å². The van der Waals surface area contributed by atoms with E-state index in [1.807, 2.05) is 25.1 Å². The van der Waals surface area contributed by atoms with Gasteiger partial charge in [0, 0.05) is 55.9 Å². The van der Waals surface area contributed by atoms with E-state index in [1.165, 1.54) is 0 Å². The topological polar surface area (TPSA) is 32.8 Å². The Kier molecular flexibility index (Phi) is 5.84. The monoisotopic (exact) mass is 616 g/mol. The Labute approximate surface area is 278 Å². The molecule has 0 saturated carbocycles. The van der Waals surface area contributed by atoms with Gasteiger partial charge in [0.05, 0.1) is 47.8 Å². The third-order valence-corrected chi connectivity index (χ3v) is 9.65. The highest BCUT2D eigenvalue weighted by atomic mass is 16.3. The highest BCUT2D eigenvalue weighted by Gasteiger charge is 2.28. The van der Waals surface area contributed by atoms with E-state index in [9.17, 15) is 0 Å². The largest absolute Gasteiger partial charge is 0.471 e. The fourth-order valence-electron chi connectivity index (χ4n) is 7.44. The van der Waals surface area contributed by atoms with Gasteiger partial charge < -0.3 is 18.6 Å². The normalized spacial score (nSPS) is 12.5. The number of benzene rings is 6. The molecule has 2 aliphatic rings. The second-order valence-electron chi connectivity index (χ2n) is 12.2. The van der Waals surface area contributed by atoms with Gasteiger partial charge in [-0.3, -0.25) is 0 Å². The highest BCUT2D eigenvalue weighted by Crippen LogP contribution is 2.52. The molecule has 6 aromatic carbocycles. The molecule has 226 valence electrons. The van der Waals surface area contributed by atoms with Crippen LogP contribution >= 0.6 is 0 Å². The van der Waals surface area contributed by atoms with E-state index in [1.54, 1.807) is 0 Å². The van der Waals surface area contributed by atoms with Gasteiger partial charge in [-0.1, -0.05) is 97.1 Å². The average molecular weight is 617 g/mol. The molecule has 0 N–H and O–H groups in total. The van der Waals surface area contributed by atoms with Crippen LogP contribution in [-0.4, -0.2) is 0 Å². The van der Waals surface area contributed by atoms with Gasteiger partial charge in [0.2, 0.25) is 0 Å². The second kappa shape index (κ2) is 10.5. The molecule has 0 amide bonds. The molecule has 48 heavy (non-hydrogen) atoms. The van der Waals surface area contributed by atoms with Crippen LogP contribution in [0.1, 0.15) is 0 Å². The zero-order valence-corrected chi connectivity index (χ0v) is 25.9. The zero-order valence-electron chi connectivity index (χ0n) is 25.9. The Morgan fingerprint density at radius 3 is 0.833 bits per heavy atom. The molecule has 0 atom stereocenters. The number of fused-ring (bicyclic) bond motifs is 10. The predicted molar refractivity (Wildman–Crippen MR) is 195 cm³/mol. The van der Waals surface area contributed by atoms with Crippen LogP contribution in [-0.2, 0) is 0 Å². The van der Waals surface area contributed by atoms with Gasteiger partial charge in [-0.2, -0.15) is 0 Å². The van der Waals surface area contributed by atoms with Gasteiger partial charge in [0.1, 0.15) is 0 Å². The van der Waals surface area contributed by atoms with E-state index in [2.05, 4.69) is 155 Å². The molecule has 0 radical (unpaired) electrons. The molecule has 4 heterocycles. The summed E-state index contributed by atoms with van der Waals surface area (Å²) in [4.78, 5) is 4.72. The Balaban J connectivity index is 1.03. The number of hydrogen-bond donors (Lipinski definition) is 0. The van der Waals surface area contributed by atoms with Gasteiger partial charge in [-0.05, 0) is 59.7 Å². The van der Waals surface area contributed by atoms with Crippen LogP contribution in [0.2, 0.25) is 0 Å². The highest BCUT2D eigenvalue weighted by molar-refractivity contribution is 6.03. The summed E-state index contributed by atoms with van der Waals surface area (Å²) in [6.07, 6.45) is 7.44.